The molecule has 3 heterocycles. The van der Waals surface area contributed by atoms with Crippen LogP contribution in [0.25, 0.3) is 11.2 Å². The van der Waals surface area contributed by atoms with Crippen LogP contribution in [0.2, 0.25) is 0 Å². The minimum atomic E-state index is 0.252. The molecule has 6 heteroatoms. The van der Waals surface area contributed by atoms with E-state index in [1.807, 2.05) is 12.3 Å². The lowest BCUT2D eigenvalue weighted by Crippen LogP contribution is -2.12. The average Bonchev–Trinajstić information content (AvgIpc) is 3.11. The first-order chi connectivity index (χ1) is 10.2. The molecule has 0 aromatic carbocycles. The van der Waals surface area contributed by atoms with Crippen LogP contribution in [-0.4, -0.2) is 14.5 Å². The molecule has 0 fully saturated rings. The maximum absolute atomic E-state index is 6.13. The van der Waals surface area contributed by atoms with Crippen molar-refractivity contribution in [3.63, 3.8) is 0 Å². The first-order valence-electron chi connectivity index (χ1n) is 6.86. The molecule has 0 N–H and O–H groups in total. The summed E-state index contributed by atoms with van der Waals surface area (Å²) in [6, 6.07) is 6.51. The zero-order chi connectivity index (χ0) is 14.8. The lowest BCUT2D eigenvalue weighted by atomic mass is 10.1. The zero-order valence-electron chi connectivity index (χ0n) is 11.6. The Bertz CT molecular complexity index is 739. The van der Waals surface area contributed by atoms with Crippen LogP contribution < -0.4 is 0 Å². The third-order valence-corrected chi connectivity index (χ3v) is 5.08. The molecule has 0 saturated heterocycles. The Morgan fingerprint density at radius 3 is 3.00 bits per heavy atom. The van der Waals surface area contributed by atoms with Crippen LogP contribution in [0.3, 0.4) is 0 Å². The van der Waals surface area contributed by atoms with Gasteiger partial charge in [-0.25, -0.2) is 9.97 Å². The Labute approximate surface area is 141 Å². The van der Waals surface area contributed by atoms with Gasteiger partial charge in [0.2, 0.25) is 0 Å². The topological polar surface area (TPSA) is 30.7 Å². The number of hydrogen-bond acceptors (Lipinski definition) is 3. The standard InChI is InChI=1S/C15H15BrClN3S/c1-2-4-12(13-5-3-6-21-13)20-14(8-17)19-11-7-10(16)9-18-15(11)20/h3,5-7,9,12H,2,4,8H2,1H3. The molecule has 0 amide bonds. The van der Waals surface area contributed by atoms with Crippen LogP contribution in [-0.2, 0) is 5.88 Å². The minimum absolute atomic E-state index is 0.252. The Morgan fingerprint density at radius 1 is 1.48 bits per heavy atom. The Balaban J connectivity index is 2.20. The van der Waals surface area contributed by atoms with Gasteiger partial charge in [0.05, 0.1) is 11.9 Å². The number of rotatable bonds is 5. The number of fused-ring (bicyclic) bond motifs is 1. The van der Waals surface area contributed by atoms with Gasteiger partial charge in [0.25, 0.3) is 0 Å². The van der Waals surface area contributed by atoms with Gasteiger partial charge < -0.3 is 4.57 Å². The molecule has 3 rings (SSSR count). The second-order valence-corrected chi connectivity index (χ2v) is 7.01. The molecule has 0 spiro atoms. The van der Waals surface area contributed by atoms with Crippen molar-refractivity contribution in [2.45, 2.75) is 31.7 Å². The Morgan fingerprint density at radius 2 is 2.33 bits per heavy atom. The molecule has 21 heavy (non-hydrogen) atoms. The van der Waals surface area contributed by atoms with E-state index in [1.54, 1.807) is 11.3 Å². The predicted octanol–water partition coefficient (Wildman–Crippen LogP) is 5.38. The summed E-state index contributed by atoms with van der Waals surface area (Å²) in [4.78, 5) is 10.5. The number of imidazole rings is 1. The van der Waals surface area contributed by atoms with Crippen LogP contribution in [0.4, 0.5) is 0 Å². The first kappa shape index (κ1) is 15.0. The molecule has 0 radical (unpaired) electrons. The number of pyridine rings is 1. The SMILES string of the molecule is CCCC(c1cccs1)n1c(CCl)nc2cc(Br)cnc21. The summed E-state index contributed by atoms with van der Waals surface area (Å²) in [5.74, 6) is 1.27. The molecule has 1 atom stereocenters. The molecule has 0 aliphatic heterocycles. The van der Waals surface area contributed by atoms with Gasteiger partial charge >= 0.3 is 0 Å². The molecule has 0 aliphatic rings. The van der Waals surface area contributed by atoms with Gasteiger partial charge in [-0.3, -0.25) is 0 Å². The van der Waals surface area contributed by atoms with E-state index in [2.05, 4.69) is 54.9 Å². The molecule has 0 bridgehead atoms. The third kappa shape index (κ3) is 2.87. The lowest BCUT2D eigenvalue weighted by molar-refractivity contribution is 0.537. The van der Waals surface area contributed by atoms with Gasteiger partial charge in [0.1, 0.15) is 11.3 Å². The van der Waals surface area contributed by atoms with Crippen LogP contribution in [0.1, 0.15) is 36.5 Å². The quantitative estimate of drug-likeness (QED) is 0.553. The van der Waals surface area contributed by atoms with Gasteiger partial charge in [0, 0.05) is 15.5 Å². The summed E-state index contributed by atoms with van der Waals surface area (Å²) in [5, 5.41) is 2.11. The fourth-order valence-corrected chi connectivity index (χ4v) is 3.94. The maximum Gasteiger partial charge on any atom is 0.160 e. The van der Waals surface area contributed by atoms with E-state index < -0.39 is 0 Å². The summed E-state index contributed by atoms with van der Waals surface area (Å²) in [7, 11) is 0. The van der Waals surface area contributed by atoms with Crippen molar-refractivity contribution in [2.24, 2.45) is 0 Å². The molecule has 3 nitrogen and oxygen atoms in total. The van der Waals surface area contributed by atoms with E-state index in [9.17, 15) is 0 Å². The van der Waals surface area contributed by atoms with Crippen LogP contribution in [0.15, 0.2) is 34.2 Å². The summed E-state index contributed by atoms with van der Waals surface area (Å²) < 4.78 is 3.13. The molecule has 3 aromatic rings. The summed E-state index contributed by atoms with van der Waals surface area (Å²) >= 11 is 11.4. The molecular formula is C15H15BrClN3S. The molecular weight excluding hydrogens is 370 g/mol. The van der Waals surface area contributed by atoms with Gasteiger partial charge in [-0.05, 0) is 39.9 Å². The van der Waals surface area contributed by atoms with Gasteiger partial charge in [0.15, 0.2) is 5.65 Å². The second kappa shape index (κ2) is 6.46. The van der Waals surface area contributed by atoms with Crippen LogP contribution in [0.5, 0.6) is 0 Å². The number of aromatic nitrogens is 3. The normalized spacial score (nSPS) is 12.9. The monoisotopic (exact) mass is 383 g/mol. The summed E-state index contributed by atoms with van der Waals surface area (Å²) in [6.07, 6.45) is 3.96. The largest absolute Gasteiger partial charge is 0.303 e. The summed E-state index contributed by atoms with van der Waals surface area (Å²) in [6.45, 7) is 2.20. The van der Waals surface area contributed by atoms with E-state index in [4.69, 9.17) is 11.6 Å². The minimum Gasteiger partial charge on any atom is -0.303 e. The highest BCUT2D eigenvalue weighted by Crippen LogP contribution is 2.32. The number of nitrogens with zero attached hydrogens (tertiary/aromatic N) is 3. The van der Waals surface area contributed by atoms with Gasteiger partial charge in [-0.15, -0.1) is 22.9 Å². The number of halogens is 2. The van der Waals surface area contributed by atoms with Gasteiger partial charge in [-0.1, -0.05) is 19.4 Å². The average molecular weight is 385 g/mol. The third-order valence-electron chi connectivity index (χ3n) is 3.43. The van der Waals surface area contributed by atoms with Crippen molar-refractivity contribution in [2.75, 3.05) is 0 Å². The van der Waals surface area contributed by atoms with Crippen molar-refractivity contribution < 1.29 is 0 Å². The van der Waals surface area contributed by atoms with Crippen LogP contribution in [0, 0.1) is 0 Å². The Hall–Kier alpha value is -0.910. The van der Waals surface area contributed by atoms with Gasteiger partial charge in [-0.2, -0.15) is 0 Å². The summed E-state index contributed by atoms with van der Waals surface area (Å²) in [5.41, 5.74) is 1.79. The van der Waals surface area contributed by atoms with Crippen LogP contribution >= 0.6 is 38.9 Å². The highest BCUT2D eigenvalue weighted by Gasteiger charge is 2.21. The highest BCUT2D eigenvalue weighted by molar-refractivity contribution is 9.10. The van der Waals surface area contributed by atoms with Crippen molar-refractivity contribution in [1.29, 1.82) is 0 Å². The molecule has 110 valence electrons. The molecule has 0 saturated carbocycles. The number of alkyl halides is 1. The second-order valence-electron chi connectivity index (χ2n) is 4.85. The highest BCUT2D eigenvalue weighted by atomic mass is 79.9. The Kier molecular flexibility index (Phi) is 4.62. The number of hydrogen-bond donors (Lipinski definition) is 0. The van der Waals surface area contributed by atoms with Crippen molar-refractivity contribution in [3.05, 3.63) is 45.0 Å². The fourth-order valence-electron chi connectivity index (χ4n) is 2.58. The van der Waals surface area contributed by atoms with E-state index in [0.717, 1.165) is 34.3 Å². The first-order valence-corrected chi connectivity index (χ1v) is 9.07. The van der Waals surface area contributed by atoms with E-state index in [-0.39, 0.29) is 6.04 Å². The fraction of sp³-hybridized carbons (Fsp3) is 0.333. The maximum atomic E-state index is 6.13. The molecule has 1 unspecified atom stereocenters. The van der Waals surface area contributed by atoms with E-state index >= 15 is 0 Å². The lowest BCUT2D eigenvalue weighted by Gasteiger charge is -2.19. The molecule has 0 aliphatic carbocycles. The molecule has 3 aromatic heterocycles. The van der Waals surface area contributed by atoms with Crippen molar-refractivity contribution in [3.8, 4) is 0 Å². The van der Waals surface area contributed by atoms with Crippen molar-refractivity contribution >= 4 is 50.0 Å². The number of thiophene rings is 1. The predicted molar refractivity (Wildman–Crippen MR) is 92.2 cm³/mol. The zero-order valence-corrected chi connectivity index (χ0v) is 14.7. The van der Waals surface area contributed by atoms with Crippen molar-refractivity contribution in [1.82, 2.24) is 14.5 Å². The van der Waals surface area contributed by atoms with E-state index in [1.165, 1.54) is 4.88 Å². The smallest absolute Gasteiger partial charge is 0.160 e. The van der Waals surface area contributed by atoms with E-state index in [0.29, 0.717) is 5.88 Å².